The third-order valence-electron chi connectivity index (χ3n) is 5.17. The van der Waals surface area contributed by atoms with Crippen LogP contribution in [0.3, 0.4) is 0 Å². The molecule has 0 heterocycles. The van der Waals surface area contributed by atoms with E-state index in [2.05, 4.69) is 10.6 Å². The van der Waals surface area contributed by atoms with Crippen molar-refractivity contribution in [2.24, 2.45) is 5.92 Å². The molecule has 9 heteroatoms. The van der Waals surface area contributed by atoms with Crippen LogP contribution < -0.4 is 15.4 Å². The first-order valence-corrected chi connectivity index (χ1v) is 12.6. The topological polar surface area (TPSA) is 117 Å². The number of amides is 2. The Balaban J connectivity index is 1.73. The molecule has 0 saturated heterocycles. The van der Waals surface area contributed by atoms with Crippen LogP contribution >= 0.6 is 0 Å². The van der Waals surface area contributed by atoms with Crippen molar-refractivity contribution in [2.45, 2.75) is 44.4 Å². The summed E-state index contributed by atoms with van der Waals surface area (Å²) in [6, 6.07) is 22.0. The number of benzene rings is 3. The highest BCUT2D eigenvalue weighted by Gasteiger charge is 2.24. The molecule has 0 fully saturated rings. The largest absolute Gasteiger partial charge is 0.768 e. The average molecular weight is 510 g/mol. The zero-order chi connectivity index (χ0) is 25.9. The quantitative estimate of drug-likeness (QED) is 0.359. The molecule has 0 aliphatic rings. The Hall–Kier alpha value is -3.69. The first-order valence-electron chi connectivity index (χ1n) is 11.5. The molecular weight excluding hydrogens is 480 g/mol. The van der Waals surface area contributed by atoms with Crippen LogP contribution in [0.5, 0.6) is 5.75 Å². The molecule has 2 amide bonds. The van der Waals surface area contributed by atoms with Crippen LogP contribution in [-0.2, 0) is 33.8 Å². The Kier molecular flexibility index (Phi) is 10.0. The number of carbonyl (C=O) groups excluding carboxylic acids is 2. The van der Waals surface area contributed by atoms with Crippen LogP contribution in [0.4, 0.5) is 10.5 Å². The smallest absolute Gasteiger partial charge is 0.408 e. The number of anilines is 1. The molecule has 0 radical (unpaired) electrons. The fourth-order valence-corrected chi connectivity index (χ4v) is 3.96. The van der Waals surface area contributed by atoms with Crippen molar-refractivity contribution in [3.05, 3.63) is 90.0 Å². The number of para-hydroxylation sites is 1. The van der Waals surface area contributed by atoms with Crippen molar-refractivity contribution >= 4 is 28.8 Å². The summed E-state index contributed by atoms with van der Waals surface area (Å²) in [5, 5.41) is 5.34. The van der Waals surface area contributed by atoms with E-state index < -0.39 is 29.1 Å². The van der Waals surface area contributed by atoms with Gasteiger partial charge in [0.15, 0.2) is 5.75 Å². The minimum Gasteiger partial charge on any atom is -0.768 e. The molecule has 0 aromatic heterocycles. The number of carbonyl (C=O) groups is 2. The van der Waals surface area contributed by atoms with E-state index in [9.17, 15) is 18.4 Å². The molecule has 190 valence electrons. The summed E-state index contributed by atoms with van der Waals surface area (Å²) >= 11 is -2.59. The number of alkyl carbamates (subject to hydrolysis) is 1. The van der Waals surface area contributed by atoms with E-state index in [0.717, 1.165) is 11.1 Å². The summed E-state index contributed by atoms with van der Waals surface area (Å²) in [4.78, 5) is 25.5. The summed E-state index contributed by atoms with van der Waals surface area (Å²) in [6.07, 6.45) is -0.380. The van der Waals surface area contributed by atoms with Crippen LogP contribution in [0.1, 0.15) is 31.4 Å². The maximum absolute atomic E-state index is 13.2. The van der Waals surface area contributed by atoms with E-state index in [1.165, 1.54) is 12.1 Å². The van der Waals surface area contributed by atoms with E-state index in [0.29, 0.717) is 6.42 Å². The van der Waals surface area contributed by atoms with Gasteiger partial charge in [-0.2, -0.15) is 0 Å². The second-order valence-corrected chi connectivity index (χ2v) is 9.43. The highest BCUT2D eigenvalue weighted by atomic mass is 32.2. The lowest BCUT2D eigenvalue weighted by molar-refractivity contribution is -0.118. The number of hydrogen-bond donors (Lipinski definition) is 2. The maximum atomic E-state index is 13.2. The van der Waals surface area contributed by atoms with Gasteiger partial charge >= 0.3 is 6.09 Å². The van der Waals surface area contributed by atoms with Gasteiger partial charge in [0.2, 0.25) is 5.91 Å². The molecule has 3 rings (SSSR count). The second-order valence-electron chi connectivity index (χ2n) is 8.52. The molecule has 2 atom stereocenters. The molecule has 1 unspecified atom stereocenters. The Morgan fingerprint density at radius 2 is 1.50 bits per heavy atom. The molecule has 0 spiro atoms. The highest BCUT2D eigenvalue weighted by Crippen LogP contribution is 2.32. The first kappa shape index (κ1) is 26.9. The Morgan fingerprint density at radius 1 is 0.889 bits per heavy atom. The van der Waals surface area contributed by atoms with Gasteiger partial charge in [-0.05, 0) is 46.7 Å². The van der Waals surface area contributed by atoms with Gasteiger partial charge in [0, 0.05) is 0 Å². The van der Waals surface area contributed by atoms with Crippen molar-refractivity contribution in [1.82, 2.24) is 5.32 Å². The minimum absolute atomic E-state index is 0.0259. The zero-order valence-electron chi connectivity index (χ0n) is 20.1. The third kappa shape index (κ3) is 8.21. The van der Waals surface area contributed by atoms with Gasteiger partial charge in [0.1, 0.15) is 19.3 Å². The van der Waals surface area contributed by atoms with Crippen molar-refractivity contribution in [3.8, 4) is 5.75 Å². The summed E-state index contributed by atoms with van der Waals surface area (Å²) in [7, 11) is 0. The predicted molar refractivity (Wildman–Crippen MR) is 136 cm³/mol. The molecule has 0 aliphatic heterocycles. The molecule has 0 saturated carbocycles. The molecule has 0 bridgehead atoms. The van der Waals surface area contributed by atoms with Crippen molar-refractivity contribution < 1.29 is 27.8 Å². The second kappa shape index (κ2) is 13.4. The van der Waals surface area contributed by atoms with Gasteiger partial charge in [0.05, 0.1) is 10.6 Å². The van der Waals surface area contributed by atoms with Gasteiger partial charge < -0.3 is 24.7 Å². The molecule has 8 nitrogen and oxygen atoms in total. The third-order valence-corrected chi connectivity index (χ3v) is 5.85. The number of nitrogens with one attached hydrogen (secondary N) is 2. The van der Waals surface area contributed by atoms with Gasteiger partial charge in [-0.3, -0.25) is 9.00 Å². The van der Waals surface area contributed by atoms with E-state index in [1.807, 2.05) is 74.5 Å². The lowest BCUT2D eigenvalue weighted by Crippen LogP contribution is -2.44. The van der Waals surface area contributed by atoms with Crippen LogP contribution in [0, 0.1) is 5.92 Å². The van der Waals surface area contributed by atoms with Crippen LogP contribution in [-0.4, -0.2) is 26.8 Å². The molecular formula is C27H29N2O6S-. The lowest BCUT2D eigenvalue weighted by Gasteiger charge is -2.22. The van der Waals surface area contributed by atoms with E-state index in [-0.39, 0.29) is 35.5 Å². The molecule has 36 heavy (non-hydrogen) atoms. The van der Waals surface area contributed by atoms with Crippen molar-refractivity contribution in [3.63, 3.8) is 0 Å². The summed E-state index contributed by atoms with van der Waals surface area (Å²) in [6.45, 7) is 4.02. The molecule has 3 aromatic carbocycles. The Morgan fingerprint density at radius 3 is 2.08 bits per heavy atom. The predicted octanol–water partition coefficient (Wildman–Crippen LogP) is 4.78. The number of ether oxygens (including phenoxy) is 2. The monoisotopic (exact) mass is 509 g/mol. The first-order chi connectivity index (χ1) is 17.3. The zero-order valence-corrected chi connectivity index (χ0v) is 21.0. The van der Waals surface area contributed by atoms with Gasteiger partial charge in [0.25, 0.3) is 0 Å². The maximum Gasteiger partial charge on any atom is 0.408 e. The van der Waals surface area contributed by atoms with Gasteiger partial charge in [-0.15, -0.1) is 0 Å². The lowest BCUT2D eigenvalue weighted by atomic mass is 10.0. The van der Waals surface area contributed by atoms with Crippen LogP contribution in [0.2, 0.25) is 0 Å². The summed E-state index contributed by atoms with van der Waals surface area (Å²) < 4.78 is 34.7. The number of hydrogen-bond acceptors (Lipinski definition) is 6. The van der Waals surface area contributed by atoms with Crippen molar-refractivity contribution in [2.75, 3.05) is 5.32 Å². The normalized spacial score (nSPS) is 12.4. The van der Waals surface area contributed by atoms with E-state index in [1.54, 1.807) is 6.07 Å². The Bertz CT molecular complexity index is 1170. The molecule has 2 N–H and O–H groups in total. The standard InChI is InChI=1S/C27H30N2O6S/c1-19(2)16-23(29-27(31)35-18-21-12-7-4-8-13-21)26(30)28-22-14-9-15-24(36(32)33)25(22)34-17-20-10-5-3-6-11-20/h3-15,19,23H,16-18H2,1-2H3,(H,28,30)(H,29,31)(H,32,33)/p-1/t23-/m0/s1. The number of rotatable bonds is 11. The molecule has 0 aliphatic carbocycles. The Labute approximate surface area is 213 Å². The molecule has 3 aromatic rings. The highest BCUT2D eigenvalue weighted by molar-refractivity contribution is 7.79. The fraction of sp³-hybridized carbons (Fsp3) is 0.259. The summed E-state index contributed by atoms with van der Waals surface area (Å²) in [5.74, 6) is -0.402. The fourth-order valence-electron chi connectivity index (χ4n) is 3.45. The van der Waals surface area contributed by atoms with Gasteiger partial charge in [-0.25, -0.2) is 4.79 Å². The van der Waals surface area contributed by atoms with Crippen LogP contribution in [0.25, 0.3) is 0 Å². The average Bonchev–Trinajstić information content (AvgIpc) is 2.87. The summed E-state index contributed by atoms with van der Waals surface area (Å²) in [5.41, 5.74) is 1.84. The van der Waals surface area contributed by atoms with Gasteiger partial charge in [-0.1, -0.05) is 80.6 Å². The van der Waals surface area contributed by atoms with E-state index >= 15 is 0 Å². The van der Waals surface area contributed by atoms with Crippen LogP contribution in [0.15, 0.2) is 83.8 Å². The van der Waals surface area contributed by atoms with E-state index in [4.69, 9.17) is 9.47 Å². The minimum atomic E-state index is -2.59. The van der Waals surface area contributed by atoms with Crippen molar-refractivity contribution in [1.29, 1.82) is 0 Å². The SMILES string of the molecule is CC(C)C[C@H](NC(=O)OCc1ccccc1)C(=O)Nc1cccc(S(=O)[O-])c1OCc1ccccc1.